The first-order valence-corrected chi connectivity index (χ1v) is 12.2. The van der Waals surface area contributed by atoms with Crippen molar-refractivity contribution in [2.75, 3.05) is 49.7 Å². The van der Waals surface area contributed by atoms with E-state index in [0.29, 0.717) is 48.8 Å². The first-order chi connectivity index (χ1) is 17.6. The number of alkyl halides is 3. The number of urea groups is 1. The van der Waals surface area contributed by atoms with E-state index in [9.17, 15) is 22.4 Å². The first-order valence-electron chi connectivity index (χ1n) is 12.2. The summed E-state index contributed by atoms with van der Waals surface area (Å²) in [5.74, 6) is -1.21. The Morgan fingerprint density at radius 1 is 1.22 bits per heavy atom. The summed E-state index contributed by atoms with van der Waals surface area (Å²) in [6, 6.07) is 4.85. The number of morpholine rings is 1. The molecule has 0 radical (unpaired) electrons. The zero-order chi connectivity index (χ0) is 26.6. The van der Waals surface area contributed by atoms with Gasteiger partial charge in [-0.25, -0.2) is 9.18 Å². The summed E-state index contributed by atoms with van der Waals surface area (Å²) in [7, 11) is 0. The zero-order valence-electron chi connectivity index (χ0n) is 20.4. The quantitative estimate of drug-likeness (QED) is 0.467. The summed E-state index contributed by atoms with van der Waals surface area (Å²) in [5.41, 5.74) is 1.76. The second-order valence-corrected chi connectivity index (χ2v) is 9.22. The third-order valence-corrected chi connectivity index (χ3v) is 6.57. The number of aliphatic hydroxyl groups excluding tert-OH is 1. The van der Waals surface area contributed by atoms with Crippen molar-refractivity contribution in [3.05, 3.63) is 35.6 Å². The van der Waals surface area contributed by atoms with E-state index in [-0.39, 0.29) is 44.0 Å². The van der Waals surface area contributed by atoms with Gasteiger partial charge in [0, 0.05) is 25.2 Å². The van der Waals surface area contributed by atoms with E-state index in [2.05, 4.69) is 15.6 Å². The van der Waals surface area contributed by atoms with Gasteiger partial charge in [0.05, 0.1) is 31.4 Å². The average molecular weight is 527 g/mol. The van der Waals surface area contributed by atoms with Gasteiger partial charge in [0.25, 0.3) is 0 Å². The normalized spacial score (nSPS) is 20.1. The number of aryl methyl sites for hydroxylation is 1. The van der Waals surface area contributed by atoms with Crippen molar-refractivity contribution in [1.82, 2.24) is 10.3 Å². The Hall–Kier alpha value is -3.12. The van der Waals surface area contributed by atoms with Gasteiger partial charge in [0.1, 0.15) is 18.2 Å². The molecular weight excluding hydrogens is 496 g/mol. The maximum absolute atomic E-state index is 14.8. The molecule has 2 aliphatic rings. The van der Waals surface area contributed by atoms with E-state index in [4.69, 9.17) is 14.6 Å². The number of ether oxygens (including phenoxy) is 2. The molecule has 2 atom stereocenters. The summed E-state index contributed by atoms with van der Waals surface area (Å²) in [4.78, 5) is 19.1. The van der Waals surface area contributed by atoms with Crippen LogP contribution in [0.15, 0.2) is 24.3 Å². The van der Waals surface area contributed by atoms with Gasteiger partial charge in [0.15, 0.2) is 0 Å². The largest absolute Gasteiger partial charge is 0.475 e. The lowest BCUT2D eigenvalue weighted by Gasteiger charge is -2.28. The van der Waals surface area contributed by atoms with Crippen LogP contribution in [0.2, 0.25) is 0 Å². The zero-order valence-corrected chi connectivity index (χ0v) is 20.4. The lowest BCUT2D eigenvalue weighted by Crippen LogP contribution is -2.37. The topological polar surface area (TPSA) is 96.0 Å². The second kappa shape index (κ2) is 11.5. The van der Waals surface area contributed by atoms with Gasteiger partial charge in [-0.2, -0.15) is 18.2 Å². The van der Waals surface area contributed by atoms with Crippen molar-refractivity contribution >= 4 is 17.5 Å². The molecule has 12 heteroatoms. The number of halogens is 4. The molecule has 2 aromatic rings. The number of anilines is 2. The summed E-state index contributed by atoms with van der Waals surface area (Å²) in [5, 5.41) is 14.1. The molecule has 1 aromatic heterocycles. The number of pyridine rings is 1. The molecule has 2 heterocycles. The highest BCUT2D eigenvalue weighted by molar-refractivity contribution is 5.91. The molecule has 37 heavy (non-hydrogen) atoms. The maximum Gasteiger partial charge on any atom is 0.391 e. The molecule has 2 amide bonds. The maximum atomic E-state index is 14.8. The molecule has 1 aliphatic heterocycles. The number of carbonyl (C=O) groups excluding carboxylic acids is 1. The number of carbonyl (C=O) groups is 1. The number of nitrogens with zero attached hydrogens (tertiary/aromatic N) is 2. The van der Waals surface area contributed by atoms with Crippen molar-refractivity contribution in [3.8, 4) is 17.0 Å². The van der Waals surface area contributed by atoms with E-state index in [1.807, 2.05) is 11.0 Å². The lowest BCUT2D eigenvalue weighted by molar-refractivity contribution is -0.172. The molecule has 1 aliphatic carbocycles. The predicted octanol–water partition coefficient (Wildman–Crippen LogP) is 4.26. The van der Waals surface area contributed by atoms with Gasteiger partial charge in [0.2, 0.25) is 5.88 Å². The highest BCUT2D eigenvalue weighted by Gasteiger charge is 2.44. The fourth-order valence-electron chi connectivity index (χ4n) is 4.66. The van der Waals surface area contributed by atoms with Crippen molar-refractivity contribution in [2.24, 2.45) is 5.92 Å². The van der Waals surface area contributed by atoms with Crippen LogP contribution in [0.4, 0.5) is 33.9 Å². The number of hydrogen-bond acceptors (Lipinski definition) is 6. The fourth-order valence-corrected chi connectivity index (χ4v) is 4.66. The number of amides is 2. The van der Waals surface area contributed by atoms with E-state index in [1.54, 1.807) is 13.0 Å². The number of aromatic nitrogens is 1. The van der Waals surface area contributed by atoms with Crippen molar-refractivity contribution in [2.45, 2.75) is 38.4 Å². The third-order valence-electron chi connectivity index (χ3n) is 6.57. The monoisotopic (exact) mass is 526 g/mol. The van der Waals surface area contributed by atoms with Crippen molar-refractivity contribution < 1.29 is 36.9 Å². The van der Waals surface area contributed by atoms with Gasteiger partial charge >= 0.3 is 12.2 Å². The summed E-state index contributed by atoms with van der Waals surface area (Å²) < 4.78 is 64.6. The van der Waals surface area contributed by atoms with Gasteiger partial charge in [-0.15, -0.1) is 0 Å². The number of rotatable bonds is 7. The molecule has 0 bridgehead atoms. The molecule has 1 saturated carbocycles. The number of hydrogen-bond donors (Lipinski definition) is 3. The Bertz CT molecular complexity index is 1110. The number of aliphatic hydroxyl groups is 1. The van der Waals surface area contributed by atoms with Gasteiger partial charge in [-0.05, 0) is 61.1 Å². The summed E-state index contributed by atoms with van der Waals surface area (Å²) >= 11 is 0. The van der Waals surface area contributed by atoms with Crippen molar-refractivity contribution in [3.63, 3.8) is 0 Å². The van der Waals surface area contributed by atoms with Gasteiger partial charge < -0.3 is 30.1 Å². The predicted molar refractivity (Wildman–Crippen MR) is 129 cm³/mol. The Balaban J connectivity index is 1.56. The molecule has 1 saturated heterocycles. The molecule has 0 spiro atoms. The molecular formula is C25H30F4N4O4. The Morgan fingerprint density at radius 3 is 2.65 bits per heavy atom. The van der Waals surface area contributed by atoms with Gasteiger partial charge in [-0.1, -0.05) is 0 Å². The molecule has 1 aromatic carbocycles. The molecule has 3 N–H and O–H groups in total. The van der Waals surface area contributed by atoms with Crippen LogP contribution >= 0.6 is 0 Å². The minimum Gasteiger partial charge on any atom is -0.475 e. The molecule has 2 unspecified atom stereocenters. The number of nitrogens with one attached hydrogen (secondary N) is 2. The summed E-state index contributed by atoms with van der Waals surface area (Å²) in [6.45, 7) is 3.92. The highest BCUT2D eigenvalue weighted by atomic mass is 19.4. The van der Waals surface area contributed by atoms with Crippen LogP contribution in [-0.2, 0) is 4.74 Å². The Morgan fingerprint density at radius 2 is 1.97 bits per heavy atom. The van der Waals surface area contributed by atoms with E-state index >= 15 is 0 Å². The average Bonchev–Trinajstić information content (AvgIpc) is 3.34. The van der Waals surface area contributed by atoms with Crippen LogP contribution in [0, 0.1) is 18.7 Å². The third kappa shape index (κ3) is 6.80. The second-order valence-electron chi connectivity index (χ2n) is 9.22. The van der Waals surface area contributed by atoms with Crippen molar-refractivity contribution in [1.29, 1.82) is 0 Å². The van der Waals surface area contributed by atoms with Crippen LogP contribution < -0.4 is 20.3 Å². The molecule has 8 nitrogen and oxygen atoms in total. The smallest absolute Gasteiger partial charge is 0.391 e. The van der Waals surface area contributed by atoms with Crippen LogP contribution in [0.3, 0.4) is 0 Å². The fraction of sp³-hybridized carbons (Fsp3) is 0.520. The van der Waals surface area contributed by atoms with Crippen LogP contribution in [-0.4, -0.2) is 67.9 Å². The summed E-state index contributed by atoms with van der Waals surface area (Å²) in [6.07, 6.45) is -4.34. The molecule has 202 valence electrons. The van der Waals surface area contributed by atoms with E-state index in [0.717, 1.165) is 0 Å². The standard InChI is InChI=1S/C25H30F4N4O4/c1-15-10-20(26)21(31-24(35)30-18-3-2-17(13-18)25(27,28)29)14-19(15)16-11-22(33-4-7-36-8-5-33)32-23(12-16)37-9-6-34/h10-12,14,17-18,34H,2-9,13H2,1H3,(H2,30,31,35). The molecule has 4 rings (SSSR count). The van der Waals surface area contributed by atoms with E-state index in [1.165, 1.54) is 12.1 Å². The minimum absolute atomic E-state index is 0.0464. The first kappa shape index (κ1) is 26.9. The number of benzene rings is 1. The Labute approximate surface area is 212 Å². The van der Waals surface area contributed by atoms with E-state index < -0.39 is 30.0 Å². The van der Waals surface area contributed by atoms with Crippen LogP contribution in [0.1, 0.15) is 24.8 Å². The lowest BCUT2D eigenvalue weighted by atomic mass is 10.00. The van der Waals surface area contributed by atoms with Gasteiger partial charge in [-0.3, -0.25) is 0 Å². The Kier molecular flexibility index (Phi) is 8.38. The highest BCUT2D eigenvalue weighted by Crippen LogP contribution is 2.39. The van der Waals surface area contributed by atoms with Crippen LogP contribution in [0.25, 0.3) is 11.1 Å². The molecule has 2 fully saturated rings. The van der Waals surface area contributed by atoms with Crippen LogP contribution in [0.5, 0.6) is 5.88 Å². The minimum atomic E-state index is -4.30. The SMILES string of the molecule is Cc1cc(F)c(NC(=O)NC2CCC(C(F)(F)F)C2)cc1-c1cc(OCCO)nc(N2CCOCC2)c1.